The second-order valence-electron chi connectivity index (χ2n) is 9.44. The highest BCUT2D eigenvalue weighted by molar-refractivity contribution is 7.18. The molecule has 0 radical (unpaired) electrons. The fourth-order valence-electron chi connectivity index (χ4n) is 3.87. The number of amides is 1. The lowest BCUT2D eigenvalue weighted by atomic mass is 9.90. The second kappa shape index (κ2) is 15.8. The van der Waals surface area contributed by atoms with Crippen molar-refractivity contribution in [3.05, 3.63) is 45.9 Å². The fraction of sp³-hybridized carbons (Fsp3) is 0.375. The van der Waals surface area contributed by atoms with Crippen LogP contribution in [0.3, 0.4) is 0 Å². The van der Waals surface area contributed by atoms with Crippen LogP contribution in [-0.2, 0) is 9.59 Å². The first kappa shape index (κ1) is 37.8. The Kier molecular flexibility index (Phi) is 12.7. The van der Waals surface area contributed by atoms with E-state index in [0.717, 1.165) is 54.2 Å². The summed E-state index contributed by atoms with van der Waals surface area (Å²) in [5.41, 5.74) is 7.17. The first-order chi connectivity index (χ1) is 21.7. The maximum absolute atomic E-state index is 12.8. The van der Waals surface area contributed by atoms with Crippen LogP contribution in [0.4, 0.5) is 42.3 Å². The standard InChI is InChI=1S/C20H23N9O3S.2C2HF3O2/c1-10-6-7-12-11(8-10)16(25-13-4-2-3-5-14(13)26-19(21)22)27-17(24-12)18(30)28-20-23-9-15(33-20)29(31)32;2*3-2(4,5)1(6)7/h6-9,13-14H,2-5H2,1H3,(H4,21,22,26)(H,23,28,30)(H,24,25,27);2*(H,6,7). The molecule has 0 aliphatic heterocycles. The molecular formula is C24H25F6N9O7S. The molecule has 4 rings (SSSR count). The highest BCUT2D eigenvalue weighted by Gasteiger charge is 2.39. The molecule has 3 aromatic rings. The van der Waals surface area contributed by atoms with E-state index in [1.54, 1.807) is 0 Å². The zero-order valence-corrected chi connectivity index (χ0v) is 24.6. The van der Waals surface area contributed by atoms with Crippen molar-refractivity contribution >= 4 is 62.0 Å². The number of aryl methyl sites for hydroxylation is 1. The number of hydrogen-bond acceptors (Lipinski definition) is 11. The van der Waals surface area contributed by atoms with Crippen molar-refractivity contribution in [3.63, 3.8) is 0 Å². The van der Waals surface area contributed by atoms with E-state index < -0.39 is 35.1 Å². The highest BCUT2D eigenvalue weighted by Crippen LogP contribution is 2.28. The van der Waals surface area contributed by atoms with E-state index in [-0.39, 0.29) is 34.0 Å². The minimum absolute atomic E-state index is 0.0424. The van der Waals surface area contributed by atoms with Gasteiger partial charge < -0.3 is 26.6 Å². The van der Waals surface area contributed by atoms with Gasteiger partial charge in [-0.15, -0.1) is 0 Å². The molecule has 23 heteroatoms. The van der Waals surface area contributed by atoms with Gasteiger partial charge in [-0.25, -0.2) is 24.5 Å². The lowest BCUT2D eigenvalue weighted by Gasteiger charge is -2.33. The molecule has 1 aromatic carbocycles. The summed E-state index contributed by atoms with van der Waals surface area (Å²) in [5.74, 6) is -5.80. The number of rotatable bonds is 6. The number of nitrogens with zero attached hydrogens (tertiary/aromatic N) is 4. The lowest BCUT2D eigenvalue weighted by molar-refractivity contribution is -0.380. The molecule has 2 heterocycles. The van der Waals surface area contributed by atoms with Crippen molar-refractivity contribution in [2.45, 2.75) is 57.0 Å². The SMILES string of the molecule is Cc1ccc2nc(C(=O)Nc3ncc([N+](=O)[O-])s3)nc(NC3CCCCC3NC(=N)N)c2c1.O=C(O)C(F)(F)F.O=C(O)C(F)(F)F. The summed E-state index contributed by atoms with van der Waals surface area (Å²) in [5, 5.41) is 42.4. The first-order valence-electron chi connectivity index (χ1n) is 12.9. The van der Waals surface area contributed by atoms with Gasteiger partial charge in [0.15, 0.2) is 11.1 Å². The monoisotopic (exact) mass is 697 g/mol. The number of halogens is 6. The maximum atomic E-state index is 12.8. The van der Waals surface area contributed by atoms with Gasteiger partial charge in [-0.3, -0.25) is 25.6 Å². The van der Waals surface area contributed by atoms with Gasteiger partial charge in [0.25, 0.3) is 5.91 Å². The number of hydrogen-bond donors (Lipinski definition) is 7. The number of carboxylic acid groups (broad SMARTS) is 2. The van der Waals surface area contributed by atoms with Gasteiger partial charge in [-0.05, 0) is 43.2 Å². The molecule has 0 saturated heterocycles. The Labute approximate surface area is 263 Å². The number of guanidine groups is 1. The number of aliphatic carboxylic acids is 2. The van der Waals surface area contributed by atoms with Crippen molar-refractivity contribution in [2.75, 3.05) is 10.6 Å². The molecule has 1 saturated carbocycles. The number of carbonyl (C=O) groups excluding carboxylic acids is 1. The minimum atomic E-state index is -5.08. The lowest BCUT2D eigenvalue weighted by Crippen LogP contribution is -2.50. The molecule has 1 aliphatic rings. The van der Waals surface area contributed by atoms with Crippen LogP contribution in [0.1, 0.15) is 41.9 Å². The third-order valence-electron chi connectivity index (χ3n) is 5.86. The van der Waals surface area contributed by atoms with Gasteiger partial charge in [-0.2, -0.15) is 26.3 Å². The van der Waals surface area contributed by atoms with Crippen LogP contribution in [0.2, 0.25) is 0 Å². The Hall–Kier alpha value is -5.35. The minimum Gasteiger partial charge on any atom is -0.475 e. The van der Waals surface area contributed by atoms with Crippen molar-refractivity contribution in [3.8, 4) is 0 Å². The zero-order chi connectivity index (χ0) is 35.7. The average molecular weight is 698 g/mol. The van der Waals surface area contributed by atoms with Crippen LogP contribution in [0, 0.1) is 22.4 Å². The third-order valence-corrected chi connectivity index (χ3v) is 6.73. The molecule has 1 amide bonds. The number of nitrogens with two attached hydrogens (primary N) is 1. The van der Waals surface area contributed by atoms with Crippen molar-refractivity contribution in [2.24, 2.45) is 5.73 Å². The fourth-order valence-corrected chi connectivity index (χ4v) is 4.49. The van der Waals surface area contributed by atoms with Crippen LogP contribution >= 0.6 is 11.3 Å². The molecular weight excluding hydrogens is 672 g/mol. The van der Waals surface area contributed by atoms with Crippen LogP contribution in [-0.4, -0.2) is 78.3 Å². The van der Waals surface area contributed by atoms with Gasteiger partial charge in [0, 0.05) is 17.5 Å². The predicted octanol–water partition coefficient (Wildman–Crippen LogP) is 4.03. The van der Waals surface area contributed by atoms with Gasteiger partial charge in [0.2, 0.25) is 5.82 Å². The smallest absolute Gasteiger partial charge is 0.475 e. The highest BCUT2D eigenvalue weighted by atomic mass is 32.1. The predicted molar refractivity (Wildman–Crippen MR) is 153 cm³/mol. The van der Waals surface area contributed by atoms with E-state index >= 15 is 0 Å². The quantitative estimate of drug-likeness (QED) is 0.0632. The Morgan fingerprint density at radius 1 is 1.04 bits per heavy atom. The van der Waals surface area contributed by atoms with Crippen LogP contribution in [0.25, 0.3) is 10.9 Å². The number of carbonyl (C=O) groups is 3. The number of alkyl halides is 6. The largest absolute Gasteiger partial charge is 0.490 e. The molecule has 1 aliphatic carbocycles. The summed E-state index contributed by atoms with van der Waals surface area (Å²) < 4.78 is 63.5. The molecule has 256 valence electrons. The Morgan fingerprint density at radius 2 is 1.60 bits per heavy atom. The molecule has 47 heavy (non-hydrogen) atoms. The van der Waals surface area contributed by atoms with Gasteiger partial charge in [0.05, 0.1) is 10.4 Å². The molecule has 2 atom stereocenters. The Bertz CT molecular complexity index is 1610. The summed E-state index contributed by atoms with van der Waals surface area (Å²) in [6, 6.07) is 5.57. The van der Waals surface area contributed by atoms with E-state index in [4.69, 9.17) is 30.9 Å². The van der Waals surface area contributed by atoms with E-state index in [1.807, 2.05) is 25.1 Å². The number of aromatic nitrogens is 3. The van der Waals surface area contributed by atoms with Crippen LogP contribution in [0.15, 0.2) is 24.4 Å². The van der Waals surface area contributed by atoms with Crippen molar-refractivity contribution in [1.29, 1.82) is 5.41 Å². The Morgan fingerprint density at radius 3 is 2.09 bits per heavy atom. The second-order valence-corrected chi connectivity index (χ2v) is 10.4. The summed E-state index contributed by atoms with van der Waals surface area (Å²) in [6.07, 6.45) is -5.32. The molecule has 1 fully saturated rings. The number of benzene rings is 1. The molecule has 16 nitrogen and oxygen atoms in total. The molecule has 2 aromatic heterocycles. The molecule has 0 spiro atoms. The van der Waals surface area contributed by atoms with Gasteiger partial charge in [-0.1, -0.05) is 24.5 Å². The van der Waals surface area contributed by atoms with Crippen molar-refractivity contribution in [1.82, 2.24) is 20.3 Å². The van der Waals surface area contributed by atoms with E-state index in [9.17, 15) is 41.3 Å². The summed E-state index contributed by atoms with van der Waals surface area (Å²) in [6.45, 7) is 1.96. The van der Waals surface area contributed by atoms with E-state index in [1.165, 1.54) is 0 Å². The van der Waals surface area contributed by atoms with E-state index in [0.29, 0.717) is 11.3 Å². The number of nitro groups is 1. The molecule has 8 N–H and O–H groups in total. The number of nitrogens with one attached hydrogen (secondary N) is 4. The number of anilines is 2. The topological polar surface area (TPSA) is 259 Å². The zero-order valence-electron chi connectivity index (χ0n) is 23.8. The summed E-state index contributed by atoms with van der Waals surface area (Å²) in [7, 11) is 0. The van der Waals surface area contributed by atoms with Gasteiger partial charge >= 0.3 is 29.3 Å². The van der Waals surface area contributed by atoms with Crippen LogP contribution < -0.4 is 21.7 Å². The summed E-state index contributed by atoms with van der Waals surface area (Å²) >= 11 is 0.755. The number of fused-ring (bicyclic) bond motifs is 1. The molecule has 0 bridgehead atoms. The maximum Gasteiger partial charge on any atom is 0.490 e. The van der Waals surface area contributed by atoms with Crippen LogP contribution in [0.5, 0.6) is 0 Å². The summed E-state index contributed by atoms with van der Waals surface area (Å²) in [4.78, 5) is 53.7. The number of thiazole rings is 1. The molecule has 2 unspecified atom stereocenters. The van der Waals surface area contributed by atoms with Crippen molar-refractivity contribution < 1.29 is 55.9 Å². The first-order valence-corrected chi connectivity index (χ1v) is 13.7. The average Bonchev–Trinajstić information content (AvgIpc) is 3.42. The van der Waals surface area contributed by atoms with Gasteiger partial charge in [0.1, 0.15) is 12.0 Å². The third kappa shape index (κ3) is 11.8. The van der Waals surface area contributed by atoms with E-state index in [2.05, 4.69) is 30.9 Å². The Balaban J connectivity index is 0.000000459. The normalized spacial score (nSPS) is 16.0. The number of carboxylic acids is 2.